The second kappa shape index (κ2) is 8.53. The van der Waals surface area contributed by atoms with Gasteiger partial charge < -0.3 is 8.98 Å². The number of oxazole rings is 1. The van der Waals surface area contributed by atoms with Crippen LogP contribution in [0.1, 0.15) is 29.5 Å². The molecule has 0 aliphatic carbocycles. The van der Waals surface area contributed by atoms with Gasteiger partial charge in [-0.05, 0) is 54.0 Å². The summed E-state index contributed by atoms with van der Waals surface area (Å²) in [7, 11) is 0. The fourth-order valence-electron chi connectivity index (χ4n) is 4.56. The minimum Gasteiger partial charge on any atom is -0.437 e. The van der Waals surface area contributed by atoms with E-state index < -0.39 is 0 Å². The van der Waals surface area contributed by atoms with Crippen molar-refractivity contribution in [2.24, 2.45) is 0 Å². The molecule has 0 saturated heterocycles. The largest absolute Gasteiger partial charge is 0.437 e. The van der Waals surface area contributed by atoms with Crippen molar-refractivity contribution in [3.63, 3.8) is 0 Å². The van der Waals surface area contributed by atoms with Crippen LogP contribution in [0.5, 0.6) is 0 Å². The molecule has 3 heteroatoms. The number of hydrogen-bond donors (Lipinski definition) is 0. The molecule has 0 spiro atoms. The number of aromatic nitrogens is 2. The van der Waals surface area contributed by atoms with Crippen molar-refractivity contribution in [3.05, 3.63) is 114 Å². The molecule has 2 heterocycles. The van der Waals surface area contributed by atoms with E-state index in [4.69, 9.17) is 4.42 Å². The Morgan fingerprint density at radius 3 is 1.97 bits per heavy atom. The van der Waals surface area contributed by atoms with E-state index in [1.54, 1.807) is 0 Å². The smallest absolute Gasteiger partial charge is 0.220 e. The third-order valence-electron chi connectivity index (χ3n) is 6.23. The summed E-state index contributed by atoms with van der Waals surface area (Å²) < 4.78 is 8.22. The highest BCUT2D eigenvalue weighted by atomic mass is 16.3. The summed E-state index contributed by atoms with van der Waals surface area (Å²) in [5, 5.41) is 2.55. The molecule has 6 aromatic rings. The SMILES string of the molecule is CCn1c2cc(/C=C/c3ccccc3)ccc2c2ccc(/C=C/c3nc4ccccc4o3)cc21. The molecule has 34 heavy (non-hydrogen) atoms. The standard InChI is InChI=1S/C31H24N2O/c1-2-33-28-20-23(13-12-22-8-4-3-5-9-22)14-17-25(28)26-18-15-24(21-29(26)33)16-19-31-32-27-10-6-7-11-30(27)34-31/h3-21H,2H2,1H3/b13-12+,19-16+. The van der Waals surface area contributed by atoms with Crippen LogP contribution in [0.2, 0.25) is 0 Å². The second-order valence-corrected chi connectivity index (χ2v) is 8.39. The highest BCUT2D eigenvalue weighted by Gasteiger charge is 2.10. The predicted octanol–water partition coefficient (Wildman–Crippen LogP) is 8.30. The molecule has 3 nitrogen and oxygen atoms in total. The zero-order valence-corrected chi connectivity index (χ0v) is 19.0. The Kier molecular flexibility index (Phi) is 5.08. The Morgan fingerprint density at radius 1 is 0.676 bits per heavy atom. The summed E-state index contributed by atoms with van der Waals surface area (Å²) in [5.41, 5.74) is 7.70. The number of nitrogens with zero attached hydrogens (tertiary/aromatic N) is 2. The molecule has 2 aromatic heterocycles. The van der Waals surface area contributed by atoms with Crippen LogP contribution in [0.3, 0.4) is 0 Å². The van der Waals surface area contributed by atoms with Crippen LogP contribution in [-0.4, -0.2) is 9.55 Å². The van der Waals surface area contributed by atoms with Gasteiger partial charge in [0.2, 0.25) is 5.89 Å². The molecule has 0 aliphatic heterocycles. The van der Waals surface area contributed by atoms with Gasteiger partial charge in [-0.3, -0.25) is 0 Å². The first-order valence-corrected chi connectivity index (χ1v) is 11.6. The summed E-state index contributed by atoms with van der Waals surface area (Å²) in [6.07, 6.45) is 8.35. The van der Waals surface area contributed by atoms with E-state index in [0.29, 0.717) is 5.89 Å². The highest BCUT2D eigenvalue weighted by Crippen LogP contribution is 2.31. The average Bonchev–Trinajstić information content (AvgIpc) is 3.44. The molecule has 0 amide bonds. The van der Waals surface area contributed by atoms with Crippen LogP contribution in [0.15, 0.2) is 95.4 Å². The molecule has 0 unspecified atom stereocenters. The van der Waals surface area contributed by atoms with Crippen LogP contribution in [-0.2, 0) is 6.54 Å². The average molecular weight is 441 g/mol. The van der Waals surface area contributed by atoms with Gasteiger partial charge in [0.05, 0.1) is 0 Å². The molecule has 0 bridgehead atoms. The van der Waals surface area contributed by atoms with E-state index in [0.717, 1.165) is 23.2 Å². The van der Waals surface area contributed by atoms with Crippen LogP contribution in [0.25, 0.3) is 57.2 Å². The van der Waals surface area contributed by atoms with Crippen LogP contribution in [0.4, 0.5) is 0 Å². The zero-order chi connectivity index (χ0) is 22.9. The topological polar surface area (TPSA) is 31.0 Å². The number of aryl methyl sites for hydroxylation is 1. The van der Waals surface area contributed by atoms with E-state index >= 15 is 0 Å². The van der Waals surface area contributed by atoms with Crippen molar-refractivity contribution in [2.75, 3.05) is 0 Å². The number of hydrogen-bond acceptors (Lipinski definition) is 2. The number of fused-ring (bicyclic) bond motifs is 4. The summed E-state index contributed by atoms with van der Waals surface area (Å²) in [6.45, 7) is 3.11. The molecule has 0 aliphatic rings. The van der Waals surface area contributed by atoms with Crippen molar-refractivity contribution in [2.45, 2.75) is 13.5 Å². The summed E-state index contributed by atoms with van der Waals surface area (Å²) in [6, 6.07) is 31.6. The fraction of sp³-hybridized carbons (Fsp3) is 0.0645. The number of rotatable bonds is 5. The Bertz CT molecular complexity index is 1650. The van der Waals surface area contributed by atoms with Gasteiger partial charge in [-0.25, -0.2) is 4.98 Å². The van der Waals surface area contributed by atoms with Crippen molar-refractivity contribution in [1.29, 1.82) is 0 Å². The fourth-order valence-corrected chi connectivity index (χ4v) is 4.56. The molecule has 0 atom stereocenters. The second-order valence-electron chi connectivity index (χ2n) is 8.39. The van der Waals surface area contributed by atoms with Gasteiger partial charge in [0.25, 0.3) is 0 Å². The van der Waals surface area contributed by atoms with Crippen molar-refractivity contribution in [3.8, 4) is 0 Å². The van der Waals surface area contributed by atoms with Crippen molar-refractivity contribution >= 4 is 57.2 Å². The molecule has 0 saturated carbocycles. The Balaban J connectivity index is 1.37. The highest BCUT2D eigenvalue weighted by molar-refractivity contribution is 6.09. The first kappa shape index (κ1) is 20.3. The van der Waals surface area contributed by atoms with Gasteiger partial charge >= 0.3 is 0 Å². The van der Waals surface area contributed by atoms with Crippen molar-refractivity contribution < 1.29 is 4.42 Å². The number of benzene rings is 4. The van der Waals surface area contributed by atoms with Crippen LogP contribution in [0, 0.1) is 0 Å². The maximum Gasteiger partial charge on any atom is 0.220 e. The lowest BCUT2D eigenvalue weighted by molar-refractivity contribution is 0.590. The quantitative estimate of drug-likeness (QED) is 0.252. The number of para-hydroxylation sites is 2. The lowest BCUT2D eigenvalue weighted by Crippen LogP contribution is -1.93. The minimum atomic E-state index is 0.618. The molecule has 0 fully saturated rings. The van der Waals surface area contributed by atoms with Gasteiger partial charge in [0.15, 0.2) is 5.58 Å². The maximum absolute atomic E-state index is 5.83. The van der Waals surface area contributed by atoms with E-state index in [1.165, 1.54) is 32.9 Å². The normalized spacial score (nSPS) is 12.1. The first-order valence-electron chi connectivity index (χ1n) is 11.6. The van der Waals surface area contributed by atoms with Gasteiger partial charge in [-0.15, -0.1) is 0 Å². The van der Waals surface area contributed by atoms with Crippen LogP contribution < -0.4 is 0 Å². The van der Waals surface area contributed by atoms with Crippen molar-refractivity contribution in [1.82, 2.24) is 9.55 Å². The van der Waals surface area contributed by atoms with Gasteiger partial charge in [0, 0.05) is 34.4 Å². The van der Waals surface area contributed by atoms with E-state index in [2.05, 4.69) is 95.4 Å². The summed E-state index contributed by atoms with van der Waals surface area (Å²) in [5.74, 6) is 0.618. The van der Waals surface area contributed by atoms with Gasteiger partial charge in [-0.2, -0.15) is 0 Å². The van der Waals surface area contributed by atoms with E-state index in [9.17, 15) is 0 Å². The molecule has 164 valence electrons. The zero-order valence-electron chi connectivity index (χ0n) is 19.0. The van der Waals surface area contributed by atoms with E-state index in [-0.39, 0.29) is 0 Å². The van der Waals surface area contributed by atoms with E-state index in [1.807, 2.05) is 36.4 Å². The molecular weight excluding hydrogens is 416 g/mol. The molecule has 0 radical (unpaired) electrons. The Labute approximate surface area is 198 Å². The third-order valence-corrected chi connectivity index (χ3v) is 6.23. The summed E-state index contributed by atoms with van der Waals surface area (Å²) >= 11 is 0. The first-order chi connectivity index (χ1) is 16.8. The third kappa shape index (κ3) is 3.71. The lowest BCUT2D eigenvalue weighted by Gasteiger charge is -2.04. The minimum absolute atomic E-state index is 0.618. The Hall–Kier alpha value is -4.37. The predicted molar refractivity (Wildman–Crippen MR) is 143 cm³/mol. The molecule has 6 rings (SSSR count). The monoisotopic (exact) mass is 440 g/mol. The molecule has 0 N–H and O–H groups in total. The summed E-state index contributed by atoms with van der Waals surface area (Å²) in [4.78, 5) is 4.54. The molecule has 4 aromatic carbocycles. The molecular formula is C31H24N2O. The maximum atomic E-state index is 5.83. The Morgan fingerprint density at radius 2 is 1.29 bits per heavy atom. The van der Waals surface area contributed by atoms with Crippen LogP contribution >= 0.6 is 0 Å². The van der Waals surface area contributed by atoms with Gasteiger partial charge in [-0.1, -0.05) is 78.9 Å². The van der Waals surface area contributed by atoms with Gasteiger partial charge in [0.1, 0.15) is 5.52 Å². The lowest BCUT2D eigenvalue weighted by atomic mass is 10.1.